The van der Waals surface area contributed by atoms with Crippen LogP contribution in [0.3, 0.4) is 0 Å². The number of carboxylic acids is 1. The van der Waals surface area contributed by atoms with Gasteiger partial charge in [0.2, 0.25) is 0 Å². The van der Waals surface area contributed by atoms with Crippen molar-refractivity contribution >= 4 is 16.9 Å². The second-order valence-corrected chi connectivity index (χ2v) is 8.82. The van der Waals surface area contributed by atoms with Gasteiger partial charge in [0, 0.05) is 5.25 Å². The molecule has 2 unspecified atom stereocenters. The van der Waals surface area contributed by atoms with Crippen LogP contribution < -0.4 is 5.32 Å². The van der Waals surface area contributed by atoms with E-state index in [0.717, 1.165) is 18.6 Å². The Morgan fingerprint density at radius 3 is 2.64 bits per heavy atom. The molecular weight excluding hydrogens is 294 g/mol. The van der Waals surface area contributed by atoms with Crippen molar-refractivity contribution in [2.24, 2.45) is 5.92 Å². The van der Waals surface area contributed by atoms with Crippen LogP contribution in [-0.2, 0) is 11.2 Å². The summed E-state index contributed by atoms with van der Waals surface area (Å²) in [6.45, 7) is 4.42. The fourth-order valence-electron chi connectivity index (χ4n) is 3.45. The molecule has 124 valence electrons. The van der Waals surface area contributed by atoms with Gasteiger partial charge in [-0.2, -0.15) is 0 Å². The summed E-state index contributed by atoms with van der Waals surface area (Å²) in [5.74, 6) is 0.911. The van der Waals surface area contributed by atoms with Gasteiger partial charge in [0.15, 0.2) is 0 Å². The third-order valence-electron chi connectivity index (χ3n) is 4.77. The van der Waals surface area contributed by atoms with E-state index >= 15 is 0 Å². The number of rotatable bonds is 7. The first kappa shape index (κ1) is 17.4. The lowest BCUT2D eigenvalue weighted by Gasteiger charge is -2.31. The van der Waals surface area contributed by atoms with Crippen LogP contribution in [0.1, 0.15) is 38.7 Å². The third kappa shape index (κ3) is 3.85. The van der Waals surface area contributed by atoms with Crippen molar-refractivity contribution < 1.29 is 9.90 Å². The number of aliphatic carboxylic acids is 1. The van der Waals surface area contributed by atoms with Crippen molar-refractivity contribution in [3.05, 3.63) is 29.8 Å². The number of hydrogen-bond donors (Lipinski definition) is 3. The van der Waals surface area contributed by atoms with E-state index in [1.54, 1.807) is 7.05 Å². The molecule has 0 amide bonds. The van der Waals surface area contributed by atoms with Crippen molar-refractivity contribution in [3.8, 4) is 0 Å². The molecule has 3 nitrogen and oxygen atoms in total. The summed E-state index contributed by atoms with van der Waals surface area (Å²) < 4.78 is 0. The highest BCUT2D eigenvalue weighted by molar-refractivity contribution is 8.17. The minimum atomic E-state index is -0.715. The van der Waals surface area contributed by atoms with E-state index in [4.69, 9.17) is 0 Å². The number of nitrogens with one attached hydrogen (secondary N) is 1. The second-order valence-electron chi connectivity index (χ2n) is 6.32. The van der Waals surface area contributed by atoms with E-state index in [1.165, 1.54) is 23.3 Å². The molecule has 0 bridgehead atoms. The van der Waals surface area contributed by atoms with Gasteiger partial charge in [-0.15, -0.1) is 0 Å². The molecule has 0 aliphatic carbocycles. The van der Waals surface area contributed by atoms with Crippen LogP contribution in [0, 0.1) is 5.92 Å². The molecular formula is C18H29NO2S. The zero-order valence-corrected chi connectivity index (χ0v) is 14.8. The topological polar surface area (TPSA) is 49.3 Å². The Bertz CT molecular complexity index is 488. The highest BCUT2D eigenvalue weighted by atomic mass is 32.2. The van der Waals surface area contributed by atoms with Crippen molar-refractivity contribution in [1.29, 1.82) is 0 Å². The largest absolute Gasteiger partial charge is 0.480 e. The average molecular weight is 324 g/mol. The number of likely N-dealkylation sites (N-methyl/N-ethyl adjacent to an activating group) is 1. The Labute approximate surface area is 136 Å². The van der Waals surface area contributed by atoms with Crippen LogP contribution in [0.2, 0.25) is 0 Å². The Morgan fingerprint density at radius 1 is 1.41 bits per heavy atom. The first-order valence-electron chi connectivity index (χ1n) is 8.34. The fourth-order valence-corrected chi connectivity index (χ4v) is 6.97. The van der Waals surface area contributed by atoms with Gasteiger partial charge in [0.25, 0.3) is 0 Å². The first-order chi connectivity index (χ1) is 10.6. The van der Waals surface area contributed by atoms with Crippen LogP contribution in [0.5, 0.6) is 0 Å². The number of unbranched alkanes of at least 4 members (excludes halogenated alkanes) is 1. The lowest BCUT2D eigenvalue weighted by molar-refractivity contribution is -0.139. The molecule has 0 saturated carbocycles. The molecule has 0 spiro atoms. The Balaban J connectivity index is 2.17. The van der Waals surface area contributed by atoms with Crippen LogP contribution in [0.15, 0.2) is 29.2 Å². The molecule has 22 heavy (non-hydrogen) atoms. The zero-order valence-electron chi connectivity index (χ0n) is 13.9. The number of carbonyl (C=O) groups is 1. The molecule has 2 rings (SSSR count). The highest BCUT2D eigenvalue weighted by Gasteiger charge is 2.40. The van der Waals surface area contributed by atoms with Crippen LogP contribution in [0.4, 0.5) is 0 Å². The predicted octanol–water partition coefficient (Wildman–Crippen LogP) is 3.47. The standard InChI is InChI=1S/C18H29NO2S/c1-4-5-6-14-7-9-15(10-8-14)22-12-11-13(2)17(22)16(19-3)18(20)21/h7-10,13,16-17,19,22H,4-6,11-12H2,1-3H3,(H,20,21)/t13-,16?,17-/m1/s1. The van der Waals surface area contributed by atoms with Crippen molar-refractivity contribution in [3.63, 3.8) is 0 Å². The fraction of sp³-hybridized carbons (Fsp3) is 0.611. The van der Waals surface area contributed by atoms with Gasteiger partial charge in [0.1, 0.15) is 6.04 Å². The maximum Gasteiger partial charge on any atom is 0.321 e. The number of thiol groups is 1. The molecule has 2 N–H and O–H groups in total. The molecule has 0 radical (unpaired) electrons. The van der Waals surface area contributed by atoms with Gasteiger partial charge in [-0.25, -0.2) is 10.9 Å². The van der Waals surface area contributed by atoms with Gasteiger partial charge < -0.3 is 10.4 Å². The van der Waals surface area contributed by atoms with Crippen molar-refractivity contribution in [2.45, 2.75) is 55.7 Å². The summed E-state index contributed by atoms with van der Waals surface area (Å²) in [5, 5.41) is 12.8. The minimum absolute atomic E-state index is 0.235. The maximum absolute atomic E-state index is 11.6. The molecule has 1 aromatic carbocycles. The quantitative estimate of drug-likeness (QED) is 0.673. The van der Waals surface area contributed by atoms with Crippen LogP contribution in [-0.4, -0.2) is 35.2 Å². The smallest absolute Gasteiger partial charge is 0.321 e. The lowest BCUT2D eigenvalue weighted by atomic mass is 9.99. The van der Waals surface area contributed by atoms with E-state index in [-0.39, 0.29) is 16.1 Å². The Kier molecular flexibility index (Phi) is 6.33. The second kappa shape index (κ2) is 8.02. The van der Waals surface area contributed by atoms with E-state index in [1.807, 2.05) is 0 Å². The van der Waals surface area contributed by atoms with Crippen molar-refractivity contribution in [2.75, 3.05) is 12.8 Å². The molecule has 1 heterocycles. The highest BCUT2D eigenvalue weighted by Crippen LogP contribution is 2.52. The van der Waals surface area contributed by atoms with Gasteiger partial charge >= 0.3 is 5.97 Å². The number of carboxylic acid groups (broad SMARTS) is 1. The summed E-state index contributed by atoms with van der Waals surface area (Å²) in [6.07, 6.45) is 4.73. The van der Waals surface area contributed by atoms with E-state index in [9.17, 15) is 9.90 Å². The summed E-state index contributed by atoms with van der Waals surface area (Å²) in [4.78, 5) is 12.9. The van der Waals surface area contributed by atoms with Gasteiger partial charge in [-0.3, -0.25) is 4.79 Å². The zero-order chi connectivity index (χ0) is 16.1. The normalized spacial score (nSPS) is 27.7. The van der Waals surface area contributed by atoms with Crippen LogP contribution in [0.25, 0.3) is 0 Å². The molecule has 1 aromatic rings. The van der Waals surface area contributed by atoms with E-state index in [0.29, 0.717) is 5.92 Å². The van der Waals surface area contributed by atoms with E-state index < -0.39 is 12.0 Å². The maximum atomic E-state index is 11.6. The lowest BCUT2D eigenvalue weighted by Crippen LogP contribution is -2.45. The predicted molar refractivity (Wildman–Crippen MR) is 95.2 cm³/mol. The summed E-state index contributed by atoms with van der Waals surface area (Å²) >= 11 is 0. The Morgan fingerprint density at radius 2 is 2.09 bits per heavy atom. The van der Waals surface area contributed by atoms with Gasteiger partial charge in [0.05, 0.1) is 0 Å². The van der Waals surface area contributed by atoms with Crippen molar-refractivity contribution in [1.82, 2.24) is 5.32 Å². The molecule has 0 aromatic heterocycles. The summed E-state index contributed by atoms with van der Waals surface area (Å²) in [7, 11) is 1.38. The molecule has 1 fully saturated rings. The Hall–Kier alpha value is -1.00. The van der Waals surface area contributed by atoms with Gasteiger partial charge in [-0.1, -0.05) is 44.5 Å². The minimum Gasteiger partial charge on any atom is -0.480 e. The number of aryl methyl sites for hydroxylation is 1. The number of benzene rings is 1. The average Bonchev–Trinajstić information content (AvgIpc) is 2.88. The third-order valence-corrected chi connectivity index (χ3v) is 8.00. The summed E-state index contributed by atoms with van der Waals surface area (Å²) in [5.41, 5.74) is 1.40. The van der Waals surface area contributed by atoms with Crippen LogP contribution >= 0.6 is 10.9 Å². The molecule has 4 atom stereocenters. The monoisotopic (exact) mass is 323 g/mol. The van der Waals surface area contributed by atoms with Gasteiger partial charge in [-0.05, 0) is 48.4 Å². The molecule has 4 heteroatoms. The molecule has 1 aliphatic heterocycles. The summed E-state index contributed by atoms with van der Waals surface area (Å²) in [6, 6.07) is 8.54. The molecule has 1 saturated heterocycles. The number of hydrogen-bond acceptors (Lipinski definition) is 2. The SMILES string of the molecule is CCCCc1ccc([SH]2CC[C@@H](C)[C@@H]2C(NC)C(=O)O)cc1. The first-order valence-corrected chi connectivity index (χ1v) is 9.93. The molecule has 1 aliphatic rings. The van der Waals surface area contributed by atoms with E-state index in [2.05, 4.69) is 43.4 Å².